The van der Waals surface area contributed by atoms with Crippen LogP contribution in [0.2, 0.25) is 0 Å². The smallest absolute Gasteiger partial charge is 0.393 e. The molecule has 0 aliphatic carbocycles. The average molecular weight is 367 g/mol. The molecule has 2 aromatic rings. The number of benzene rings is 2. The molecule has 26 heavy (non-hydrogen) atoms. The van der Waals surface area contributed by atoms with E-state index in [9.17, 15) is 23.1 Å². The van der Waals surface area contributed by atoms with Crippen molar-refractivity contribution in [3.05, 3.63) is 41.5 Å². The van der Waals surface area contributed by atoms with Crippen molar-refractivity contribution in [1.82, 2.24) is 4.90 Å². The molecule has 0 unspecified atom stereocenters. The number of carbonyl (C=O) groups excluding carboxylic acids is 1. The van der Waals surface area contributed by atoms with Gasteiger partial charge in [-0.15, -0.1) is 0 Å². The van der Waals surface area contributed by atoms with Gasteiger partial charge in [-0.2, -0.15) is 13.2 Å². The largest absolute Gasteiger partial charge is 0.507 e. The number of alkyl halides is 3. The van der Waals surface area contributed by atoms with Crippen molar-refractivity contribution in [3.8, 4) is 5.75 Å². The van der Waals surface area contributed by atoms with Crippen LogP contribution in [-0.2, 0) is 11.3 Å². The summed E-state index contributed by atoms with van der Waals surface area (Å²) in [6, 6.07) is 8.70. The molecule has 1 atom stereocenters. The number of piperidine rings is 1. The maximum absolute atomic E-state index is 13.1. The van der Waals surface area contributed by atoms with Gasteiger partial charge in [0.25, 0.3) is 0 Å². The number of ether oxygens (including phenoxy) is 1. The predicted molar refractivity (Wildman–Crippen MR) is 91.0 cm³/mol. The highest BCUT2D eigenvalue weighted by Gasteiger charge is 2.41. The van der Waals surface area contributed by atoms with Crippen molar-refractivity contribution >= 4 is 16.7 Å². The summed E-state index contributed by atoms with van der Waals surface area (Å²) in [4.78, 5) is 13.6. The van der Waals surface area contributed by atoms with Crippen LogP contribution < -0.4 is 0 Å². The number of nitrogens with zero attached hydrogens (tertiary/aromatic N) is 1. The summed E-state index contributed by atoms with van der Waals surface area (Å²) in [5.74, 6) is -2.28. The Bertz CT molecular complexity index is 820. The third kappa shape index (κ3) is 3.62. The molecule has 1 N–H and O–H groups in total. The minimum atomic E-state index is -4.23. The molecular weight excluding hydrogens is 347 g/mol. The van der Waals surface area contributed by atoms with Crippen LogP contribution in [-0.4, -0.2) is 42.4 Å². The number of methoxy groups -OCH3 is 1. The highest BCUT2D eigenvalue weighted by molar-refractivity contribution is 6.00. The van der Waals surface area contributed by atoms with Gasteiger partial charge in [-0.25, -0.2) is 4.79 Å². The lowest BCUT2D eigenvalue weighted by Crippen LogP contribution is -2.41. The van der Waals surface area contributed by atoms with Crippen LogP contribution >= 0.6 is 0 Å². The lowest BCUT2D eigenvalue weighted by molar-refractivity contribution is -0.187. The van der Waals surface area contributed by atoms with E-state index in [2.05, 4.69) is 0 Å². The molecule has 0 aromatic heterocycles. The zero-order chi connectivity index (χ0) is 18.9. The molecule has 0 bridgehead atoms. The first kappa shape index (κ1) is 18.5. The fourth-order valence-corrected chi connectivity index (χ4v) is 3.53. The summed E-state index contributed by atoms with van der Waals surface area (Å²) in [6.45, 7) is 0.548. The van der Waals surface area contributed by atoms with Crippen LogP contribution in [0.3, 0.4) is 0 Å². The van der Waals surface area contributed by atoms with Crippen molar-refractivity contribution in [2.75, 3.05) is 20.2 Å². The summed E-state index contributed by atoms with van der Waals surface area (Å²) >= 11 is 0. The molecule has 1 aliphatic rings. The van der Waals surface area contributed by atoms with E-state index < -0.39 is 18.1 Å². The number of rotatable bonds is 3. The van der Waals surface area contributed by atoms with Crippen LogP contribution in [0.5, 0.6) is 5.75 Å². The van der Waals surface area contributed by atoms with Crippen molar-refractivity contribution < 1.29 is 27.8 Å². The number of phenols is 1. The van der Waals surface area contributed by atoms with Crippen LogP contribution in [0.25, 0.3) is 10.8 Å². The first-order valence-electron chi connectivity index (χ1n) is 8.42. The highest BCUT2D eigenvalue weighted by Crippen LogP contribution is 2.36. The van der Waals surface area contributed by atoms with Crippen molar-refractivity contribution in [2.45, 2.75) is 25.6 Å². The second kappa shape index (κ2) is 7.15. The van der Waals surface area contributed by atoms with Crippen LogP contribution in [0.4, 0.5) is 13.2 Å². The Labute approximate surface area is 149 Å². The van der Waals surface area contributed by atoms with Gasteiger partial charge in [0, 0.05) is 18.7 Å². The van der Waals surface area contributed by atoms with E-state index in [0.717, 1.165) is 5.39 Å². The fraction of sp³-hybridized carbons (Fsp3) is 0.421. The Balaban J connectivity index is 1.98. The zero-order valence-corrected chi connectivity index (χ0v) is 14.3. The molecule has 140 valence electrons. The minimum Gasteiger partial charge on any atom is -0.507 e. The van der Waals surface area contributed by atoms with Gasteiger partial charge in [-0.05, 0) is 36.2 Å². The Morgan fingerprint density at radius 1 is 1.35 bits per heavy atom. The van der Waals surface area contributed by atoms with Crippen molar-refractivity contribution in [1.29, 1.82) is 0 Å². The standard InChI is InChI=1S/C19H20F3NO3/c1-26-18(25)15-9-12-5-2-3-7-14(12)16(17(15)24)11-23-8-4-6-13(10-23)19(20,21)22/h2-3,5,7,9,13,24H,4,6,8,10-11H2,1H3/t13-/m0/s1. The Morgan fingerprint density at radius 3 is 2.77 bits per heavy atom. The number of aromatic hydroxyl groups is 1. The number of esters is 1. The van der Waals surface area contributed by atoms with E-state index in [4.69, 9.17) is 4.74 Å². The monoisotopic (exact) mass is 367 g/mol. The SMILES string of the molecule is COC(=O)c1cc2ccccc2c(CN2CCC[C@H](C(F)(F)F)C2)c1O. The third-order valence-electron chi connectivity index (χ3n) is 4.88. The molecule has 0 spiro atoms. The molecule has 4 nitrogen and oxygen atoms in total. The lowest BCUT2D eigenvalue weighted by atomic mass is 9.95. The molecule has 1 saturated heterocycles. The molecule has 0 saturated carbocycles. The van der Waals surface area contributed by atoms with Gasteiger partial charge in [0.15, 0.2) is 0 Å². The van der Waals surface area contributed by atoms with Crippen molar-refractivity contribution in [2.24, 2.45) is 5.92 Å². The van der Waals surface area contributed by atoms with E-state index in [-0.39, 0.29) is 30.8 Å². The van der Waals surface area contributed by atoms with Crippen molar-refractivity contribution in [3.63, 3.8) is 0 Å². The Kier molecular flexibility index (Phi) is 5.09. The predicted octanol–water partition coefficient (Wildman–Crippen LogP) is 4.11. The van der Waals surface area contributed by atoms with E-state index >= 15 is 0 Å². The highest BCUT2D eigenvalue weighted by atomic mass is 19.4. The van der Waals surface area contributed by atoms with E-state index in [1.807, 2.05) is 0 Å². The maximum Gasteiger partial charge on any atom is 0.393 e. The van der Waals surface area contributed by atoms with Crippen LogP contribution in [0.1, 0.15) is 28.8 Å². The van der Waals surface area contributed by atoms with Gasteiger partial charge in [-0.1, -0.05) is 24.3 Å². The molecule has 0 amide bonds. The van der Waals surface area contributed by atoms with E-state index in [1.54, 1.807) is 29.2 Å². The number of hydrogen-bond acceptors (Lipinski definition) is 4. The van der Waals surface area contributed by atoms with Gasteiger partial charge in [0.2, 0.25) is 0 Å². The molecule has 1 fully saturated rings. The molecule has 0 radical (unpaired) electrons. The van der Waals surface area contributed by atoms with Crippen LogP contribution in [0, 0.1) is 5.92 Å². The summed E-state index contributed by atoms with van der Waals surface area (Å²) in [5, 5.41) is 12.0. The first-order chi connectivity index (χ1) is 12.3. The Hall–Kier alpha value is -2.28. The van der Waals surface area contributed by atoms with Gasteiger partial charge in [0.1, 0.15) is 11.3 Å². The van der Waals surface area contributed by atoms with Gasteiger partial charge < -0.3 is 9.84 Å². The summed E-state index contributed by atoms with van der Waals surface area (Å²) in [5.41, 5.74) is 0.469. The Morgan fingerprint density at radius 2 is 2.08 bits per heavy atom. The molecule has 1 aliphatic heterocycles. The van der Waals surface area contributed by atoms with Gasteiger partial charge in [0.05, 0.1) is 13.0 Å². The van der Waals surface area contributed by atoms with E-state index in [0.29, 0.717) is 23.9 Å². The number of likely N-dealkylation sites (tertiary alicyclic amines) is 1. The fourth-order valence-electron chi connectivity index (χ4n) is 3.53. The molecule has 1 heterocycles. The third-order valence-corrected chi connectivity index (χ3v) is 4.88. The van der Waals surface area contributed by atoms with Gasteiger partial charge in [-0.3, -0.25) is 4.90 Å². The summed E-state index contributed by atoms with van der Waals surface area (Å²) < 4.78 is 43.9. The average Bonchev–Trinajstić information content (AvgIpc) is 2.62. The zero-order valence-electron chi connectivity index (χ0n) is 14.3. The quantitative estimate of drug-likeness (QED) is 0.830. The number of carbonyl (C=O) groups is 1. The van der Waals surface area contributed by atoms with Crippen LogP contribution in [0.15, 0.2) is 30.3 Å². The summed E-state index contributed by atoms with van der Waals surface area (Å²) in [7, 11) is 1.22. The number of fused-ring (bicyclic) bond motifs is 1. The number of hydrogen-bond donors (Lipinski definition) is 1. The maximum atomic E-state index is 13.1. The number of halogens is 3. The first-order valence-corrected chi connectivity index (χ1v) is 8.42. The lowest BCUT2D eigenvalue weighted by Gasteiger charge is -2.34. The normalized spacial score (nSPS) is 18.8. The molecular formula is C19H20F3NO3. The van der Waals surface area contributed by atoms with Gasteiger partial charge >= 0.3 is 12.1 Å². The summed E-state index contributed by atoms with van der Waals surface area (Å²) in [6.07, 6.45) is -3.66. The molecule has 3 rings (SSSR count). The van der Waals surface area contributed by atoms with E-state index in [1.165, 1.54) is 13.2 Å². The topological polar surface area (TPSA) is 49.8 Å². The number of phenolic OH excluding ortho intramolecular Hbond substituents is 1. The molecule has 7 heteroatoms. The minimum absolute atomic E-state index is 0.0191. The second-order valence-electron chi connectivity index (χ2n) is 6.58. The molecule has 2 aromatic carbocycles. The second-order valence-corrected chi connectivity index (χ2v) is 6.58.